The maximum absolute atomic E-state index is 5.44. The standard InChI is InChI=1S/C28H32N2O/c1-31-25-18-16-24(17-19-25)28-29(20-22-10-4-2-5-11-22)26-14-8-9-15-27(26)30(28)21-23-12-6-3-7-13-23/h2-7,10-13,16-19,26-28H,8-9,14-15,20-21H2,1H3/t26-,27-/m1/s1. The summed E-state index contributed by atoms with van der Waals surface area (Å²) in [5.41, 5.74) is 4.15. The summed E-state index contributed by atoms with van der Waals surface area (Å²) in [5, 5.41) is 0. The first-order valence-electron chi connectivity index (χ1n) is 11.6. The van der Waals surface area contributed by atoms with Crippen LogP contribution in [0, 0.1) is 0 Å². The van der Waals surface area contributed by atoms with Gasteiger partial charge in [0, 0.05) is 25.2 Å². The molecular formula is C28H32N2O. The SMILES string of the molecule is COc1ccc(C2N(Cc3ccccc3)[C@@H]3CCCC[C@H]3N2Cc2ccccc2)cc1. The highest BCUT2D eigenvalue weighted by Gasteiger charge is 2.47. The average molecular weight is 413 g/mol. The summed E-state index contributed by atoms with van der Waals surface area (Å²) < 4.78 is 5.44. The molecular weight excluding hydrogens is 380 g/mol. The Morgan fingerprint density at radius 1 is 0.677 bits per heavy atom. The normalized spacial score (nSPS) is 22.4. The van der Waals surface area contributed by atoms with Crippen LogP contribution < -0.4 is 4.74 Å². The largest absolute Gasteiger partial charge is 0.497 e. The Kier molecular flexibility index (Phi) is 6.06. The zero-order chi connectivity index (χ0) is 21.0. The van der Waals surface area contributed by atoms with E-state index in [9.17, 15) is 0 Å². The van der Waals surface area contributed by atoms with Crippen LogP contribution in [0.15, 0.2) is 84.9 Å². The van der Waals surface area contributed by atoms with Gasteiger partial charge in [0.05, 0.1) is 13.3 Å². The topological polar surface area (TPSA) is 15.7 Å². The molecule has 1 saturated carbocycles. The van der Waals surface area contributed by atoms with Crippen molar-refractivity contribution >= 4 is 0 Å². The van der Waals surface area contributed by atoms with Gasteiger partial charge in [-0.2, -0.15) is 0 Å². The van der Waals surface area contributed by atoms with E-state index in [1.165, 1.54) is 42.4 Å². The van der Waals surface area contributed by atoms with Crippen LogP contribution in [0.25, 0.3) is 0 Å². The third kappa shape index (κ3) is 4.26. The molecule has 0 radical (unpaired) electrons. The molecule has 0 amide bonds. The van der Waals surface area contributed by atoms with Crippen LogP contribution in [-0.4, -0.2) is 29.0 Å². The second-order valence-electron chi connectivity index (χ2n) is 8.88. The molecule has 2 aliphatic rings. The van der Waals surface area contributed by atoms with Crippen molar-refractivity contribution in [2.24, 2.45) is 0 Å². The molecule has 0 unspecified atom stereocenters. The number of nitrogens with zero attached hydrogens (tertiary/aromatic N) is 2. The second-order valence-corrected chi connectivity index (χ2v) is 8.88. The first kappa shape index (κ1) is 20.3. The van der Waals surface area contributed by atoms with Crippen molar-refractivity contribution in [1.82, 2.24) is 9.80 Å². The van der Waals surface area contributed by atoms with Gasteiger partial charge >= 0.3 is 0 Å². The molecule has 3 aromatic carbocycles. The lowest BCUT2D eigenvalue weighted by Gasteiger charge is -2.33. The molecule has 0 spiro atoms. The number of rotatable bonds is 6. The van der Waals surface area contributed by atoms with Gasteiger partial charge in [-0.05, 0) is 41.7 Å². The first-order chi connectivity index (χ1) is 15.3. The van der Waals surface area contributed by atoms with Crippen LogP contribution in [0.1, 0.15) is 48.5 Å². The molecule has 5 rings (SSSR count). The van der Waals surface area contributed by atoms with E-state index in [-0.39, 0.29) is 6.17 Å². The van der Waals surface area contributed by atoms with Gasteiger partial charge in [-0.1, -0.05) is 85.6 Å². The Morgan fingerprint density at radius 2 is 1.16 bits per heavy atom. The van der Waals surface area contributed by atoms with E-state index in [0.29, 0.717) is 12.1 Å². The van der Waals surface area contributed by atoms with Gasteiger partial charge in [0.25, 0.3) is 0 Å². The Bertz CT molecular complexity index is 900. The van der Waals surface area contributed by atoms with Crippen molar-refractivity contribution in [3.8, 4) is 5.75 Å². The van der Waals surface area contributed by atoms with Gasteiger partial charge < -0.3 is 4.74 Å². The quantitative estimate of drug-likeness (QED) is 0.492. The fourth-order valence-corrected chi connectivity index (χ4v) is 5.57. The molecule has 2 atom stereocenters. The van der Waals surface area contributed by atoms with Crippen LogP contribution in [0.4, 0.5) is 0 Å². The Balaban J connectivity index is 1.54. The van der Waals surface area contributed by atoms with Gasteiger partial charge in [0.15, 0.2) is 0 Å². The highest BCUT2D eigenvalue weighted by molar-refractivity contribution is 5.31. The summed E-state index contributed by atoms with van der Waals surface area (Å²) in [6.07, 6.45) is 5.52. The molecule has 3 heteroatoms. The van der Waals surface area contributed by atoms with Gasteiger partial charge in [0.2, 0.25) is 0 Å². The number of hydrogen-bond acceptors (Lipinski definition) is 3. The van der Waals surface area contributed by atoms with E-state index >= 15 is 0 Å². The molecule has 0 bridgehead atoms. The number of ether oxygens (including phenoxy) is 1. The van der Waals surface area contributed by atoms with Crippen molar-refractivity contribution in [1.29, 1.82) is 0 Å². The van der Waals surface area contributed by atoms with E-state index in [2.05, 4.69) is 94.7 Å². The predicted octanol–water partition coefficient (Wildman–Crippen LogP) is 6.02. The summed E-state index contributed by atoms with van der Waals surface area (Å²) in [5.74, 6) is 0.920. The maximum atomic E-state index is 5.44. The van der Waals surface area contributed by atoms with Gasteiger partial charge in [-0.3, -0.25) is 9.80 Å². The van der Waals surface area contributed by atoms with Crippen LogP contribution in [0.2, 0.25) is 0 Å². The molecule has 1 saturated heterocycles. The van der Waals surface area contributed by atoms with Crippen LogP contribution >= 0.6 is 0 Å². The monoisotopic (exact) mass is 412 g/mol. The zero-order valence-corrected chi connectivity index (χ0v) is 18.4. The third-order valence-corrected chi connectivity index (χ3v) is 7.00. The minimum Gasteiger partial charge on any atom is -0.497 e. The third-order valence-electron chi connectivity index (χ3n) is 7.00. The van der Waals surface area contributed by atoms with E-state index in [4.69, 9.17) is 4.74 Å². The second kappa shape index (κ2) is 9.25. The Hall–Kier alpha value is -2.62. The smallest absolute Gasteiger partial charge is 0.118 e. The minimum absolute atomic E-state index is 0.277. The van der Waals surface area contributed by atoms with Crippen LogP contribution in [0.5, 0.6) is 5.75 Å². The summed E-state index contributed by atoms with van der Waals surface area (Å²) in [6.45, 7) is 1.98. The lowest BCUT2D eigenvalue weighted by molar-refractivity contribution is 0.102. The van der Waals surface area contributed by atoms with Crippen molar-refractivity contribution in [2.45, 2.75) is 57.0 Å². The molecule has 31 heavy (non-hydrogen) atoms. The summed E-state index contributed by atoms with van der Waals surface area (Å²) >= 11 is 0. The zero-order valence-electron chi connectivity index (χ0n) is 18.4. The molecule has 1 aliphatic carbocycles. The van der Waals surface area contributed by atoms with Gasteiger partial charge in [-0.25, -0.2) is 0 Å². The number of methoxy groups -OCH3 is 1. The number of benzene rings is 3. The van der Waals surface area contributed by atoms with E-state index in [0.717, 1.165) is 18.8 Å². The molecule has 1 heterocycles. The molecule has 3 nitrogen and oxygen atoms in total. The number of fused-ring (bicyclic) bond motifs is 1. The Morgan fingerprint density at radius 3 is 1.61 bits per heavy atom. The molecule has 2 fully saturated rings. The van der Waals surface area contributed by atoms with Crippen LogP contribution in [0.3, 0.4) is 0 Å². The Labute approximate surface area is 186 Å². The van der Waals surface area contributed by atoms with Crippen molar-refractivity contribution < 1.29 is 4.74 Å². The maximum Gasteiger partial charge on any atom is 0.118 e. The molecule has 1 aliphatic heterocycles. The number of hydrogen-bond donors (Lipinski definition) is 0. The summed E-state index contributed by atoms with van der Waals surface area (Å²) in [6, 6.07) is 31.9. The van der Waals surface area contributed by atoms with Gasteiger partial charge in [-0.15, -0.1) is 0 Å². The van der Waals surface area contributed by atoms with E-state index in [1.54, 1.807) is 7.11 Å². The molecule has 0 aromatic heterocycles. The highest BCUT2D eigenvalue weighted by atomic mass is 16.5. The highest BCUT2D eigenvalue weighted by Crippen LogP contribution is 2.45. The molecule has 160 valence electrons. The summed E-state index contributed by atoms with van der Waals surface area (Å²) in [4.78, 5) is 5.54. The van der Waals surface area contributed by atoms with Crippen molar-refractivity contribution in [2.75, 3.05) is 7.11 Å². The first-order valence-corrected chi connectivity index (χ1v) is 11.6. The summed E-state index contributed by atoms with van der Waals surface area (Å²) in [7, 11) is 1.74. The lowest BCUT2D eigenvalue weighted by atomic mass is 9.90. The average Bonchev–Trinajstić information content (AvgIpc) is 3.13. The van der Waals surface area contributed by atoms with E-state index < -0.39 is 0 Å². The fraction of sp³-hybridized carbons (Fsp3) is 0.357. The molecule has 0 N–H and O–H groups in total. The van der Waals surface area contributed by atoms with Gasteiger partial charge in [0.1, 0.15) is 5.75 Å². The van der Waals surface area contributed by atoms with E-state index in [1.807, 2.05) is 0 Å². The fourth-order valence-electron chi connectivity index (χ4n) is 5.57. The lowest BCUT2D eigenvalue weighted by Crippen LogP contribution is -2.39. The predicted molar refractivity (Wildman–Crippen MR) is 126 cm³/mol. The van der Waals surface area contributed by atoms with Crippen molar-refractivity contribution in [3.05, 3.63) is 102 Å². The molecule has 3 aromatic rings. The van der Waals surface area contributed by atoms with Crippen LogP contribution in [-0.2, 0) is 13.1 Å². The minimum atomic E-state index is 0.277. The van der Waals surface area contributed by atoms with Crippen molar-refractivity contribution in [3.63, 3.8) is 0 Å².